The van der Waals surface area contributed by atoms with Crippen molar-refractivity contribution >= 4 is 34.0 Å². The van der Waals surface area contributed by atoms with Crippen molar-refractivity contribution in [3.05, 3.63) is 34.6 Å². The summed E-state index contributed by atoms with van der Waals surface area (Å²) in [6, 6.07) is 2.17. The Morgan fingerprint density at radius 3 is 2.39 bits per heavy atom. The molecule has 0 radical (unpaired) electrons. The first kappa shape index (κ1) is 22.3. The molecular formula is C23H26F2N4O3S. The standard InChI is InChI=1S/C23H26F2N4O3S/c1-13-19(20(30)26-16-3-8-23(16)6-2-7-23)28-22(33-13)29(15-11-17(24)27-18(25)12-15)21(31)14-4-9-32-10-5-14/h11-12,14,16H,2-10H2,1H3,(H,26,30)/t16-/m1/s1. The molecule has 5 rings (SSSR count). The third kappa shape index (κ3) is 4.14. The minimum atomic E-state index is -1.03. The molecule has 33 heavy (non-hydrogen) atoms. The minimum Gasteiger partial charge on any atom is -0.381 e. The van der Waals surface area contributed by atoms with E-state index in [0.29, 0.717) is 30.9 Å². The van der Waals surface area contributed by atoms with Crippen LogP contribution < -0.4 is 10.2 Å². The van der Waals surface area contributed by atoms with Gasteiger partial charge in [-0.15, -0.1) is 11.3 Å². The second-order valence-corrected chi connectivity index (χ2v) is 10.4. The molecule has 2 aromatic heterocycles. The first-order chi connectivity index (χ1) is 15.9. The van der Waals surface area contributed by atoms with Gasteiger partial charge in [0, 0.05) is 42.2 Å². The fourth-order valence-electron chi connectivity index (χ4n) is 5.11. The second-order valence-electron chi connectivity index (χ2n) is 9.21. The monoisotopic (exact) mass is 476 g/mol. The molecule has 176 valence electrons. The van der Waals surface area contributed by atoms with Crippen LogP contribution in [0.2, 0.25) is 0 Å². The summed E-state index contributed by atoms with van der Waals surface area (Å²) >= 11 is 1.16. The molecule has 2 aromatic rings. The zero-order valence-electron chi connectivity index (χ0n) is 18.4. The van der Waals surface area contributed by atoms with Crippen LogP contribution >= 0.6 is 11.3 Å². The molecule has 1 saturated heterocycles. The lowest BCUT2D eigenvalue weighted by Gasteiger charge is -2.56. The van der Waals surface area contributed by atoms with Crippen molar-refractivity contribution in [1.29, 1.82) is 0 Å². The fraction of sp³-hybridized carbons (Fsp3) is 0.565. The van der Waals surface area contributed by atoms with E-state index in [1.165, 1.54) is 11.3 Å². The molecule has 3 aliphatic rings. The average Bonchev–Trinajstić information content (AvgIpc) is 3.11. The highest BCUT2D eigenvalue weighted by Gasteiger charge is 2.51. The second kappa shape index (κ2) is 8.72. The maximum atomic E-state index is 13.9. The Morgan fingerprint density at radius 2 is 1.82 bits per heavy atom. The number of aromatic nitrogens is 2. The number of nitrogens with one attached hydrogen (secondary N) is 1. The number of hydrogen-bond acceptors (Lipinski definition) is 6. The number of pyridine rings is 1. The van der Waals surface area contributed by atoms with E-state index in [1.54, 1.807) is 6.92 Å². The fourth-order valence-corrected chi connectivity index (χ4v) is 6.04. The summed E-state index contributed by atoms with van der Waals surface area (Å²) in [5.41, 5.74) is 0.500. The number of halogens is 2. The van der Waals surface area contributed by atoms with Gasteiger partial charge in [-0.1, -0.05) is 6.42 Å². The summed E-state index contributed by atoms with van der Waals surface area (Å²) in [5.74, 6) is -3.02. The number of aryl methyl sites for hydroxylation is 1. The Morgan fingerprint density at radius 1 is 1.12 bits per heavy atom. The van der Waals surface area contributed by atoms with Crippen LogP contribution in [0, 0.1) is 30.2 Å². The summed E-state index contributed by atoms with van der Waals surface area (Å²) in [6.07, 6.45) is 6.61. The number of amides is 2. The van der Waals surface area contributed by atoms with E-state index in [2.05, 4.69) is 15.3 Å². The Hall–Kier alpha value is -2.46. The maximum Gasteiger partial charge on any atom is 0.271 e. The molecule has 3 heterocycles. The molecule has 1 N–H and O–H groups in total. The summed E-state index contributed by atoms with van der Waals surface area (Å²) in [7, 11) is 0. The van der Waals surface area contributed by atoms with Crippen molar-refractivity contribution in [2.75, 3.05) is 18.1 Å². The molecule has 1 atom stereocenters. The van der Waals surface area contributed by atoms with Gasteiger partial charge in [0.25, 0.3) is 5.91 Å². The van der Waals surface area contributed by atoms with Crippen LogP contribution in [0.25, 0.3) is 0 Å². The number of ether oxygens (including phenoxy) is 1. The molecule has 2 saturated carbocycles. The van der Waals surface area contributed by atoms with Gasteiger partial charge in [-0.2, -0.15) is 13.8 Å². The molecule has 0 bridgehead atoms. The molecule has 10 heteroatoms. The summed E-state index contributed by atoms with van der Waals surface area (Å²) in [4.78, 5) is 36.0. The van der Waals surface area contributed by atoms with Crippen molar-refractivity contribution in [1.82, 2.24) is 15.3 Å². The Balaban J connectivity index is 1.45. The Bertz CT molecular complexity index is 1060. The van der Waals surface area contributed by atoms with E-state index in [-0.39, 0.29) is 45.7 Å². The van der Waals surface area contributed by atoms with Gasteiger partial charge in [-0.05, 0) is 50.9 Å². The van der Waals surface area contributed by atoms with Crippen LogP contribution in [0.1, 0.15) is 60.3 Å². The first-order valence-corrected chi connectivity index (χ1v) is 12.2. The molecule has 1 spiro atoms. The summed E-state index contributed by atoms with van der Waals surface area (Å²) in [5, 5.41) is 3.34. The number of anilines is 2. The van der Waals surface area contributed by atoms with E-state index in [9.17, 15) is 18.4 Å². The summed E-state index contributed by atoms with van der Waals surface area (Å²) in [6.45, 7) is 2.65. The first-order valence-electron chi connectivity index (χ1n) is 11.4. The van der Waals surface area contributed by atoms with Crippen LogP contribution in [-0.2, 0) is 9.53 Å². The van der Waals surface area contributed by atoms with Crippen molar-refractivity contribution in [2.24, 2.45) is 11.3 Å². The van der Waals surface area contributed by atoms with Crippen molar-refractivity contribution in [3.63, 3.8) is 0 Å². The van der Waals surface area contributed by atoms with E-state index in [1.807, 2.05) is 0 Å². The van der Waals surface area contributed by atoms with Gasteiger partial charge in [0.15, 0.2) is 5.13 Å². The van der Waals surface area contributed by atoms with E-state index in [4.69, 9.17) is 4.74 Å². The minimum absolute atomic E-state index is 0.00427. The Labute approximate surface area is 194 Å². The smallest absolute Gasteiger partial charge is 0.271 e. The lowest BCUT2D eigenvalue weighted by Crippen LogP contribution is -2.58. The number of carbonyl (C=O) groups is 2. The van der Waals surface area contributed by atoms with Crippen molar-refractivity contribution in [2.45, 2.75) is 57.9 Å². The molecule has 2 amide bonds. The van der Waals surface area contributed by atoms with Gasteiger partial charge in [0.2, 0.25) is 17.8 Å². The molecule has 7 nitrogen and oxygen atoms in total. The quantitative estimate of drug-likeness (QED) is 0.652. The highest BCUT2D eigenvalue weighted by molar-refractivity contribution is 7.16. The number of nitrogens with zero attached hydrogens (tertiary/aromatic N) is 3. The zero-order valence-corrected chi connectivity index (χ0v) is 19.2. The maximum absolute atomic E-state index is 13.9. The highest BCUT2D eigenvalue weighted by Crippen LogP contribution is 2.55. The third-order valence-electron chi connectivity index (χ3n) is 7.31. The number of carbonyl (C=O) groups excluding carboxylic acids is 2. The van der Waals surface area contributed by atoms with Crippen LogP contribution in [-0.4, -0.2) is 41.0 Å². The van der Waals surface area contributed by atoms with Gasteiger partial charge >= 0.3 is 0 Å². The van der Waals surface area contributed by atoms with Gasteiger partial charge in [-0.25, -0.2) is 4.98 Å². The molecule has 2 aliphatic carbocycles. The Kier molecular flexibility index (Phi) is 5.90. The predicted octanol–water partition coefficient (Wildman–Crippen LogP) is 4.28. The predicted molar refractivity (Wildman–Crippen MR) is 118 cm³/mol. The van der Waals surface area contributed by atoms with Crippen molar-refractivity contribution < 1.29 is 23.1 Å². The number of hydrogen-bond donors (Lipinski definition) is 1. The average molecular weight is 477 g/mol. The van der Waals surface area contributed by atoms with Crippen LogP contribution in [0.5, 0.6) is 0 Å². The number of rotatable bonds is 5. The van der Waals surface area contributed by atoms with Crippen LogP contribution in [0.3, 0.4) is 0 Å². The topological polar surface area (TPSA) is 84.4 Å². The van der Waals surface area contributed by atoms with Gasteiger partial charge < -0.3 is 10.1 Å². The SMILES string of the molecule is Cc1sc(N(C(=O)C2CCOCC2)c2cc(F)nc(F)c2)nc1C(=O)N[C@@H]1CCC12CCC2. The van der Waals surface area contributed by atoms with Crippen molar-refractivity contribution in [3.8, 4) is 0 Å². The van der Waals surface area contributed by atoms with Gasteiger partial charge in [0.05, 0.1) is 5.69 Å². The van der Waals surface area contributed by atoms with Gasteiger partial charge in [-0.3, -0.25) is 14.5 Å². The molecule has 0 aromatic carbocycles. The molecular weight excluding hydrogens is 450 g/mol. The van der Waals surface area contributed by atoms with Gasteiger partial charge in [0.1, 0.15) is 5.69 Å². The molecule has 0 unspecified atom stereocenters. The van der Waals surface area contributed by atoms with E-state index in [0.717, 1.165) is 49.2 Å². The third-order valence-corrected chi connectivity index (χ3v) is 8.27. The number of thiazole rings is 1. The van der Waals surface area contributed by atoms with E-state index >= 15 is 0 Å². The largest absolute Gasteiger partial charge is 0.381 e. The van der Waals surface area contributed by atoms with Crippen LogP contribution in [0.15, 0.2) is 12.1 Å². The zero-order chi connectivity index (χ0) is 23.2. The normalized spacial score (nSPS) is 21.8. The van der Waals surface area contributed by atoms with E-state index < -0.39 is 11.9 Å². The summed E-state index contributed by atoms with van der Waals surface area (Å²) < 4.78 is 33.2. The lowest BCUT2D eigenvalue weighted by molar-refractivity contribution is -0.124. The molecule has 1 aliphatic heterocycles. The molecule has 3 fully saturated rings. The highest BCUT2D eigenvalue weighted by atomic mass is 32.1. The lowest BCUT2D eigenvalue weighted by atomic mass is 9.53. The van der Waals surface area contributed by atoms with Crippen LogP contribution in [0.4, 0.5) is 19.6 Å².